The van der Waals surface area contributed by atoms with Crippen molar-refractivity contribution in [3.63, 3.8) is 0 Å². The molecule has 2 atom stereocenters. The fraction of sp³-hybridized carbons (Fsp3) is 0.550. The second-order valence-electron chi connectivity index (χ2n) is 7.02. The molecule has 2 rings (SSSR count). The van der Waals surface area contributed by atoms with Gasteiger partial charge < -0.3 is 10.1 Å². The first kappa shape index (κ1) is 21.3. The fourth-order valence-corrected chi connectivity index (χ4v) is 4.34. The highest BCUT2D eigenvalue weighted by molar-refractivity contribution is 7.92. The van der Waals surface area contributed by atoms with Crippen molar-refractivity contribution in [2.24, 2.45) is 0 Å². The third-order valence-corrected chi connectivity index (χ3v) is 5.99. The van der Waals surface area contributed by atoms with Crippen LogP contribution in [0.1, 0.15) is 62.4 Å². The van der Waals surface area contributed by atoms with Gasteiger partial charge in [-0.05, 0) is 44.9 Å². The average molecular weight is 395 g/mol. The van der Waals surface area contributed by atoms with Crippen molar-refractivity contribution in [2.75, 3.05) is 10.5 Å². The van der Waals surface area contributed by atoms with Gasteiger partial charge in [-0.2, -0.15) is 0 Å². The van der Waals surface area contributed by atoms with Gasteiger partial charge in [0.05, 0.1) is 28.8 Å². The molecule has 1 aromatic carbocycles. The molecule has 1 aliphatic rings. The Morgan fingerprint density at radius 3 is 2.63 bits per heavy atom. The molecular formula is C20H30N2O4S. The SMILES string of the molecule is CCCCS(=O)(=O)Nc1ccc(C)cc1C(=O)NC(CC)C1CC=C(C)O1. The molecule has 0 aromatic heterocycles. The van der Waals surface area contributed by atoms with E-state index in [1.54, 1.807) is 18.2 Å². The number of ether oxygens (including phenoxy) is 1. The van der Waals surface area contributed by atoms with E-state index in [0.29, 0.717) is 17.7 Å². The molecule has 0 bridgehead atoms. The smallest absolute Gasteiger partial charge is 0.253 e. The molecule has 1 aliphatic heterocycles. The Morgan fingerprint density at radius 1 is 1.30 bits per heavy atom. The van der Waals surface area contributed by atoms with Gasteiger partial charge in [0, 0.05) is 6.42 Å². The summed E-state index contributed by atoms with van der Waals surface area (Å²) in [6.07, 6.45) is 4.77. The van der Waals surface area contributed by atoms with Gasteiger partial charge in [0.2, 0.25) is 10.0 Å². The van der Waals surface area contributed by atoms with Gasteiger partial charge in [-0.25, -0.2) is 8.42 Å². The summed E-state index contributed by atoms with van der Waals surface area (Å²) in [5.41, 5.74) is 1.53. The first-order valence-electron chi connectivity index (χ1n) is 9.51. The first-order chi connectivity index (χ1) is 12.8. The maximum absolute atomic E-state index is 12.9. The molecule has 27 heavy (non-hydrogen) atoms. The molecule has 0 spiro atoms. The fourth-order valence-electron chi connectivity index (χ4n) is 3.06. The van der Waals surface area contributed by atoms with Crippen LogP contribution < -0.4 is 10.0 Å². The molecule has 150 valence electrons. The predicted octanol–water partition coefficient (Wildman–Crippen LogP) is 3.74. The molecule has 6 nitrogen and oxygen atoms in total. The van der Waals surface area contributed by atoms with E-state index in [1.807, 2.05) is 33.8 Å². The summed E-state index contributed by atoms with van der Waals surface area (Å²) < 4.78 is 32.9. The van der Waals surface area contributed by atoms with Crippen molar-refractivity contribution < 1.29 is 17.9 Å². The Labute approximate surface area is 162 Å². The summed E-state index contributed by atoms with van der Waals surface area (Å²) >= 11 is 0. The number of carbonyl (C=O) groups is 1. The largest absolute Gasteiger partial charge is 0.493 e. The van der Waals surface area contributed by atoms with Crippen molar-refractivity contribution in [3.05, 3.63) is 41.2 Å². The van der Waals surface area contributed by atoms with Crippen molar-refractivity contribution in [1.82, 2.24) is 5.32 Å². The predicted molar refractivity (Wildman–Crippen MR) is 108 cm³/mol. The van der Waals surface area contributed by atoms with Crippen LogP contribution in [0.5, 0.6) is 0 Å². The standard InChI is InChI=1S/C20H30N2O4S/c1-5-7-12-27(24,25)22-18-10-8-14(3)13-16(18)20(23)21-17(6-2)19-11-9-15(4)26-19/h8-10,13,17,19,22H,5-7,11-12H2,1-4H3,(H,21,23). The van der Waals surface area contributed by atoms with Crippen molar-refractivity contribution >= 4 is 21.6 Å². The lowest BCUT2D eigenvalue weighted by molar-refractivity contribution is 0.0784. The lowest BCUT2D eigenvalue weighted by Gasteiger charge is -2.24. The Morgan fingerprint density at radius 2 is 2.04 bits per heavy atom. The van der Waals surface area contributed by atoms with Gasteiger partial charge in [-0.15, -0.1) is 0 Å². The Balaban J connectivity index is 2.18. The summed E-state index contributed by atoms with van der Waals surface area (Å²) in [7, 11) is -3.49. The minimum Gasteiger partial charge on any atom is -0.493 e. The van der Waals surface area contributed by atoms with Gasteiger partial charge in [-0.1, -0.05) is 31.9 Å². The molecule has 2 unspecified atom stereocenters. The van der Waals surface area contributed by atoms with Gasteiger partial charge in [-0.3, -0.25) is 9.52 Å². The third kappa shape index (κ3) is 5.99. The van der Waals surface area contributed by atoms with Crippen LogP contribution in [-0.4, -0.2) is 32.2 Å². The third-order valence-electron chi connectivity index (χ3n) is 4.63. The highest BCUT2D eigenvalue weighted by Gasteiger charge is 2.27. The van der Waals surface area contributed by atoms with Crippen LogP contribution in [0.3, 0.4) is 0 Å². The number of benzene rings is 1. The number of nitrogens with one attached hydrogen (secondary N) is 2. The van der Waals surface area contributed by atoms with Crippen LogP contribution in [0, 0.1) is 6.92 Å². The van der Waals surface area contributed by atoms with E-state index in [-0.39, 0.29) is 23.8 Å². The number of carbonyl (C=O) groups excluding carboxylic acids is 1. The number of sulfonamides is 1. The van der Waals surface area contributed by atoms with Crippen molar-refractivity contribution in [3.8, 4) is 0 Å². The summed E-state index contributed by atoms with van der Waals surface area (Å²) in [6, 6.07) is 5.00. The summed E-state index contributed by atoms with van der Waals surface area (Å²) in [5, 5.41) is 3.01. The van der Waals surface area contributed by atoms with E-state index < -0.39 is 10.0 Å². The summed E-state index contributed by atoms with van der Waals surface area (Å²) in [6.45, 7) is 7.70. The lowest BCUT2D eigenvalue weighted by Crippen LogP contribution is -2.43. The molecule has 0 radical (unpaired) electrons. The van der Waals surface area contributed by atoms with Crippen LogP contribution in [0.15, 0.2) is 30.0 Å². The molecule has 1 aromatic rings. The minimum absolute atomic E-state index is 0.0386. The van der Waals surface area contributed by atoms with E-state index in [1.165, 1.54) is 0 Å². The maximum atomic E-state index is 12.9. The number of aryl methyl sites for hydroxylation is 1. The normalized spacial score (nSPS) is 17.8. The van der Waals surface area contributed by atoms with Crippen LogP contribution >= 0.6 is 0 Å². The van der Waals surface area contributed by atoms with E-state index in [9.17, 15) is 13.2 Å². The van der Waals surface area contributed by atoms with E-state index in [0.717, 1.165) is 30.6 Å². The van der Waals surface area contributed by atoms with Crippen molar-refractivity contribution in [2.45, 2.75) is 65.5 Å². The maximum Gasteiger partial charge on any atom is 0.253 e. The van der Waals surface area contributed by atoms with E-state index in [4.69, 9.17) is 4.74 Å². The molecule has 1 heterocycles. The van der Waals surface area contributed by atoms with Crippen molar-refractivity contribution in [1.29, 1.82) is 0 Å². The molecule has 0 saturated carbocycles. The number of hydrogen-bond donors (Lipinski definition) is 2. The van der Waals surface area contributed by atoms with Gasteiger partial charge in [0.25, 0.3) is 5.91 Å². The second-order valence-corrected chi connectivity index (χ2v) is 8.86. The highest BCUT2D eigenvalue weighted by Crippen LogP contribution is 2.23. The first-order valence-corrected chi connectivity index (χ1v) is 11.2. The highest BCUT2D eigenvalue weighted by atomic mass is 32.2. The quantitative estimate of drug-likeness (QED) is 0.668. The number of unbranched alkanes of at least 4 members (excludes halogenated alkanes) is 1. The zero-order valence-electron chi connectivity index (χ0n) is 16.5. The molecule has 0 aliphatic carbocycles. The Bertz CT molecular complexity index is 802. The Kier molecular flexibility index (Phi) is 7.30. The minimum atomic E-state index is -3.49. The zero-order chi connectivity index (χ0) is 20.0. The molecule has 1 amide bonds. The number of amides is 1. The molecule has 7 heteroatoms. The number of anilines is 1. The topological polar surface area (TPSA) is 84.5 Å². The monoisotopic (exact) mass is 394 g/mol. The van der Waals surface area contributed by atoms with Crippen LogP contribution in [-0.2, 0) is 14.8 Å². The van der Waals surface area contributed by atoms with Crippen LogP contribution in [0.2, 0.25) is 0 Å². The average Bonchev–Trinajstić information content (AvgIpc) is 3.05. The van der Waals surface area contributed by atoms with Gasteiger partial charge in [0.15, 0.2) is 0 Å². The second kappa shape index (κ2) is 9.26. The van der Waals surface area contributed by atoms with E-state index in [2.05, 4.69) is 10.0 Å². The van der Waals surface area contributed by atoms with Gasteiger partial charge in [0.1, 0.15) is 6.10 Å². The summed E-state index contributed by atoms with van der Waals surface area (Å²) in [4.78, 5) is 12.9. The van der Waals surface area contributed by atoms with Gasteiger partial charge >= 0.3 is 0 Å². The van der Waals surface area contributed by atoms with E-state index >= 15 is 0 Å². The number of rotatable bonds is 9. The number of allylic oxidation sites excluding steroid dienone is 1. The van der Waals surface area contributed by atoms with Crippen LogP contribution in [0.4, 0.5) is 5.69 Å². The van der Waals surface area contributed by atoms with Crippen LogP contribution in [0.25, 0.3) is 0 Å². The molecular weight excluding hydrogens is 364 g/mol. The zero-order valence-corrected chi connectivity index (χ0v) is 17.4. The number of hydrogen-bond acceptors (Lipinski definition) is 4. The Hall–Kier alpha value is -2.02. The molecule has 2 N–H and O–H groups in total. The molecule has 0 fully saturated rings. The summed E-state index contributed by atoms with van der Waals surface area (Å²) in [5.74, 6) is 0.608. The molecule has 0 saturated heterocycles. The lowest BCUT2D eigenvalue weighted by atomic mass is 10.0.